The van der Waals surface area contributed by atoms with Crippen molar-refractivity contribution in [3.8, 4) is 5.88 Å². The van der Waals surface area contributed by atoms with Crippen LogP contribution in [0.3, 0.4) is 0 Å². The molecule has 2 aromatic heterocycles. The van der Waals surface area contributed by atoms with Crippen LogP contribution in [-0.4, -0.2) is 29.0 Å². The van der Waals surface area contributed by atoms with Gasteiger partial charge in [0.05, 0.1) is 5.54 Å². The molecule has 6 nitrogen and oxygen atoms in total. The zero-order valence-electron chi connectivity index (χ0n) is 13.4. The highest BCUT2D eigenvalue weighted by atomic mass is 32.1. The van der Waals surface area contributed by atoms with Crippen molar-refractivity contribution in [3.63, 3.8) is 0 Å². The van der Waals surface area contributed by atoms with Crippen LogP contribution in [0.15, 0.2) is 29.8 Å². The number of rotatable bonds is 6. The number of aromatic nitrogens is 2. The van der Waals surface area contributed by atoms with Crippen LogP contribution in [0.4, 0.5) is 19.4 Å². The minimum atomic E-state index is -2.58. The summed E-state index contributed by atoms with van der Waals surface area (Å²) in [5.74, 6) is 0.269. The Kier molecular flexibility index (Phi) is 5.42. The smallest absolute Gasteiger partial charge is 0.321 e. The van der Waals surface area contributed by atoms with E-state index in [0.717, 1.165) is 30.7 Å². The molecule has 0 radical (unpaired) electrons. The maximum atomic E-state index is 12.4. The van der Waals surface area contributed by atoms with Gasteiger partial charge in [-0.3, -0.25) is 5.32 Å². The number of nitrogens with zero attached hydrogens (tertiary/aromatic N) is 2. The standard InChI is InChI=1S/C16H18F2N4O2S/c17-11(18)10-24-13-5-3-4-12(20-13)21-15(23)22-16(6-1-2-7-16)14-19-8-9-25-14/h3-5,8-9,11H,1-2,6-7,10H2,(H2,20,21,22,23). The number of hydrogen-bond acceptors (Lipinski definition) is 5. The van der Waals surface area contributed by atoms with Gasteiger partial charge in [-0.15, -0.1) is 11.3 Å². The van der Waals surface area contributed by atoms with Crippen molar-refractivity contribution in [3.05, 3.63) is 34.8 Å². The van der Waals surface area contributed by atoms with Crippen LogP contribution in [0.25, 0.3) is 0 Å². The van der Waals surface area contributed by atoms with Crippen molar-refractivity contribution in [2.24, 2.45) is 0 Å². The summed E-state index contributed by atoms with van der Waals surface area (Å²) in [6.07, 6.45) is 2.86. The number of hydrogen-bond donors (Lipinski definition) is 2. The van der Waals surface area contributed by atoms with Crippen LogP contribution in [0.1, 0.15) is 30.7 Å². The molecule has 2 amide bonds. The summed E-state index contributed by atoms with van der Waals surface area (Å²) in [6.45, 7) is -0.740. The molecule has 0 saturated heterocycles. The number of urea groups is 1. The summed E-state index contributed by atoms with van der Waals surface area (Å²) in [5, 5.41) is 8.42. The summed E-state index contributed by atoms with van der Waals surface area (Å²) >= 11 is 1.52. The minimum absolute atomic E-state index is 0.0357. The number of anilines is 1. The fourth-order valence-corrected chi connectivity index (χ4v) is 3.76. The maximum Gasteiger partial charge on any atom is 0.321 e. The van der Waals surface area contributed by atoms with Gasteiger partial charge in [-0.25, -0.2) is 18.6 Å². The molecule has 1 aliphatic carbocycles. The van der Waals surface area contributed by atoms with E-state index in [4.69, 9.17) is 4.74 Å². The number of amides is 2. The molecule has 1 aliphatic rings. The van der Waals surface area contributed by atoms with Gasteiger partial charge in [-0.1, -0.05) is 18.9 Å². The Morgan fingerprint density at radius 3 is 2.84 bits per heavy atom. The van der Waals surface area contributed by atoms with E-state index in [1.54, 1.807) is 18.3 Å². The first-order valence-corrected chi connectivity index (χ1v) is 8.82. The van der Waals surface area contributed by atoms with Crippen molar-refractivity contribution < 1.29 is 18.3 Å². The number of pyridine rings is 1. The Hall–Kier alpha value is -2.29. The second kappa shape index (κ2) is 7.73. The monoisotopic (exact) mass is 368 g/mol. The molecule has 0 atom stereocenters. The number of thiazole rings is 1. The second-order valence-electron chi connectivity index (χ2n) is 5.77. The van der Waals surface area contributed by atoms with Gasteiger partial charge in [-0.05, 0) is 18.9 Å². The van der Waals surface area contributed by atoms with Crippen molar-refractivity contribution in [2.75, 3.05) is 11.9 Å². The lowest BCUT2D eigenvalue weighted by atomic mass is 9.99. The van der Waals surface area contributed by atoms with Crippen LogP contribution < -0.4 is 15.4 Å². The minimum Gasteiger partial charge on any atom is -0.472 e. The van der Waals surface area contributed by atoms with Crippen molar-refractivity contribution >= 4 is 23.2 Å². The van der Waals surface area contributed by atoms with Crippen LogP contribution in [0.5, 0.6) is 5.88 Å². The molecule has 3 rings (SSSR count). The first-order valence-electron chi connectivity index (χ1n) is 7.94. The van der Waals surface area contributed by atoms with E-state index in [0.29, 0.717) is 0 Å². The Morgan fingerprint density at radius 1 is 1.36 bits per heavy atom. The van der Waals surface area contributed by atoms with Gasteiger partial charge in [0.1, 0.15) is 10.8 Å². The Labute approximate surface area is 147 Å². The maximum absolute atomic E-state index is 12.4. The highest BCUT2D eigenvalue weighted by Gasteiger charge is 2.39. The molecule has 2 heterocycles. The van der Waals surface area contributed by atoms with Gasteiger partial charge in [-0.2, -0.15) is 4.98 Å². The Morgan fingerprint density at radius 2 is 2.16 bits per heavy atom. The number of alkyl halides is 2. The van der Waals surface area contributed by atoms with Crippen LogP contribution >= 0.6 is 11.3 Å². The molecule has 134 valence electrons. The first-order chi connectivity index (χ1) is 12.1. The topological polar surface area (TPSA) is 76.1 Å². The molecule has 0 aliphatic heterocycles. The van der Waals surface area contributed by atoms with E-state index in [-0.39, 0.29) is 11.7 Å². The van der Waals surface area contributed by atoms with Crippen molar-refractivity contribution in [1.29, 1.82) is 0 Å². The van der Waals surface area contributed by atoms with Crippen LogP contribution in [-0.2, 0) is 5.54 Å². The second-order valence-corrected chi connectivity index (χ2v) is 6.66. The molecule has 0 aromatic carbocycles. The Balaban J connectivity index is 1.65. The summed E-state index contributed by atoms with van der Waals surface area (Å²) in [6, 6.07) is 4.20. The number of ether oxygens (including phenoxy) is 1. The van der Waals surface area contributed by atoms with Crippen LogP contribution in [0, 0.1) is 0 Å². The van der Waals surface area contributed by atoms with Gasteiger partial charge in [0.25, 0.3) is 6.43 Å². The van der Waals surface area contributed by atoms with Gasteiger partial charge in [0.15, 0.2) is 6.61 Å². The third kappa shape index (κ3) is 4.41. The summed E-state index contributed by atoms with van der Waals surface area (Å²) in [4.78, 5) is 20.8. The molecular formula is C16H18F2N4O2S. The number of carbonyl (C=O) groups excluding carboxylic acids is 1. The predicted octanol–water partition coefficient (Wildman–Crippen LogP) is 3.77. The lowest BCUT2D eigenvalue weighted by Gasteiger charge is -2.28. The number of halogens is 2. The van der Waals surface area contributed by atoms with E-state index in [1.807, 2.05) is 5.38 Å². The molecule has 9 heteroatoms. The van der Waals surface area contributed by atoms with Gasteiger partial charge >= 0.3 is 6.03 Å². The van der Waals surface area contributed by atoms with E-state index < -0.39 is 24.6 Å². The molecule has 2 aromatic rings. The van der Waals surface area contributed by atoms with Gasteiger partial charge in [0, 0.05) is 17.6 Å². The third-order valence-electron chi connectivity index (χ3n) is 3.97. The average Bonchev–Trinajstić information content (AvgIpc) is 3.25. The van der Waals surface area contributed by atoms with Gasteiger partial charge in [0.2, 0.25) is 5.88 Å². The van der Waals surface area contributed by atoms with E-state index in [2.05, 4.69) is 20.6 Å². The SMILES string of the molecule is O=C(Nc1cccc(OCC(F)F)n1)NC1(c2nccs2)CCCC1. The average molecular weight is 368 g/mol. The Bertz CT molecular complexity index is 706. The summed E-state index contributed by atoms with van der Waals surface area (Å²) in [5.41, 5.74) is -0.456. The molecule has 0 spiro atoms. The van der Waals surface area contributed by atoms with Gasteiger partial charge < -0.3 is 10.1 Å². The quantitative estimate of drug-likeness (QED) is 0.814. The van der Waals surface area contributed by atoms with E-state index >= 15 is 0 Å². The molecule has 0 unspecified atom stereocenters. The lowest BCUT2D eigenvalue weighted by molar-refractivity contribution is 0.0796. The molecule has 0 bridgehead atoms. The lowest BCUT2D eigenvalue weighted by Crippen LogP contribution is -2.45. The van der Waals surface area contributed by atoms with Crippen molar-refractivity contribution in [2.45, 2.75) is 37.6 Å². The predicted molar refractivity (Wildman–Crippen MR) is 90.2 cm³/mol. The largest absolute Gasteiger partial charge is 0.472 e. The summed E-state index contributed by atoms with van der Waals surface area (Å²) in [7, 11) is 0. The highest BCUT2D eigenvalue weighted by Crippen LogP contribution is 2.39. The molecule has 25 heavy (non-hydrogen) atoms. The zero-order valence-corrected chi connectivity index (χ0v) is 14.2. The van der Waals surface area contributed by atoms with E-state index in [9.17, 15) is 13.6 Å². The van der Waals surface area contributed by atoms with E-state index in [1.165, 1.54) is 17.4 Å². The zero-order chi connectivity index (χ0) is 17.7. The first kappa shape index (κ1) is 17.5. The van der Waals surface area contributed by atoms with Crippen LogP contribution in [0.2, 0.25) is 0 Å². The third-order valence-corrected chi connectivity index (χ3v) is 4.95. The normalized spacial score (nSPS) is 16.0. The molecular weight excluding hydrogens is 350 g/mol. The molecule has 1 fully saturated rings. The molecule has 2 N–H and O–H groups in total. The fourth-order valence-electron chi connectivity index (χ4n) is 2.91. The molecule has 1 saturated carbocycles. The number of carbonyl (C=O) groups is 1. The number of nitrogens with one attached hydrogen (secondary N) is 2. The van der Waals surface area contributed by atoms with Crippen molar-refractivity contribution in [1.82, 2.24) is 15.3 Å². The highest BCUT2D eigenvalue weighted by molar-refractivity contribution is 7.09. The fraction of sp³-hybridized carbons (Fsp3) is 0.438. The summed E-state index contributed by atoms with van der Waals surface area (Å²) < 4.78 is 29.3.